The maximum Gasteiger partial charge on any atom is 0.238 e. The van der Waals surface area contributed by atoms with Crippen molar-refractivity contribution in [3.8, 4) is 0 Å². The smallest absolute Gasteiger partial charge is 0.238 e. The van der Waals surface area contributed by atoms with Crippen molar-refractivity contribution in [2.45, 2.75) is 20.8 Å². The molecule has 1 aromatic carbocycles. The van der Waals surface area contributed by atoms with Gasteiger partial charge in [-0.05, 0) is 24.6 Å². The summed E-state index contributed by atoms with van der Waals surface area (Å²) < 4.78 is 0. The number of anilines is 2. The first kappa shape index (κ1) is 14.2. The van der Waals surface area contributed by atoms with Crippen LogP contribution in [0.15, 0.2) is 18.2 Å². The van der Waals surface area contributed by atoms with Crippen LogP contribution in [0.25, 0.3) is 0 Å². The number of benzene rings is 1. The van der Waals surface area contributed by atoms with Crippen LogP contribution in [0, 0.1) is 12.8 Å². The van der Waals surface area contributed by atoms with Gasteiger partial charge in [0.15, 0.2) is 0 Å². The molecule has 98 valence electrons. The summed E-state index contributed by atoms with van der Waals surface area (Å²) >= 11 is 0. The summed E-state index contributed by atoms with van der Waals surface area (Å²) in [5.41, 5.74) is 7.48. The molecule has 4 N–H and O–H groups in total. The van der Waals surface area contributed by atoms with Gasteiger partial charge in [0.05, 0.1) is 6.54 Å². The van der Waals surface area contributed by atoms with Crippen molar-refractivity contribution in [2.75, 3.05) is 17.2 Å². The molecular formula is C13H19N3O2. The molecule has 0 fully saturated rings. The van der Waals surface area contributed by atoms with Gasteiger partial charge in [0.25, 0.3) is 0 Å². The molecule has 0 aliphatic rings. The van der Waals surface area contributed by atoms with Gasteiger partial charge in [-0.1, -0.05) is 19.9 Å². The van der Waals surface area contributed by atoms with Crippen LogP contribution >= 0.6 is 0 Å². The maximum absolute atomic E-state index is 11.6. The number of aryl methyl sites for hydroxylation is 1. The molecule has 0 aliphatic carbocycles. The lowest BCUT2D eigenvalue weighted by molar-refractivity contribution is -0.119. The van der Waals surface area contributed by atoms with Crippen LogP contribution < -0.4 is 16.4 Å². The summed E-state index contributed by atoms with van der Waals surface area (Å²) in [4.78, 5) is 22.8. The zero-order valence-corrected chi connectivity index (χ0v) is 10.9. The topological polar surface area (TPSA) is 84.2 Å². The van der Waals surface area contributed by atoms with Gasteiger partial charge in [-0.15, -0.1) is 0 Å². The Morgan fingerprint density at radius 2 is 1.94 bits per heavy atom. The zero-order valence-electron chi connectivity index (χ0n) is 10.9. The fourth-order valence-electron chi connectivity index (χ4n) is 1.32. The number of nitrogens with two attached hydrogens (primary N) is 1. The highest BCUT2D eigenvalue weighted by molar-refractivity contribution is 5.95. The average Bonchev–Trinajstić information content (AvgIpc) is 2.33. The third-order valence-electron chi connectivity index (χ3n) is 2.49. The van der Waals surface area contributed by atoms with Gasteiger partial charge in [0.2, 0.25) is 11.8 Å². The molecule has 0 heterocycles. The Morgan fingerprint density at radius 3 is 2.50 bits per heavy atom. The van der Waals surface area contributed by atoms with E-state index in [1.165, 1.54) is 0 Å². The number of carbonyl (C=O) groups excluding carboxylic acids is 2. The molecule has 0 spiro atoms. The minimum atomic E-state index is -0.264. The van der Waals surface area contributed by atoms with E-state index in [9.17, 15) is 9.59 Å². The first-order valence-corrected chi connectivity index (χ1v) is 5.85. The van der Waals surface area contributed by atoms with E-state index >= 15 is 0 Å². The number of nitrogens with one attached hydrogen (secondary N) is 2. The molecule has 1 aromatic rings. The van der Waals surface area contributed by atoms with E-state index in [-0.39, 0.29) is 24.3 Å². The number of amides is 2. The first-order valence-electron chi connectivity index (χ1n) is 5.85. The Bertz CT molecular complexity index is 456. The molecule has 0 unspecified atom stereocenters. The second kappa shape index (κ2) is 6.16. The van der Waals surface area contributed by atoms with Crippen molar-refractivity contribution in [2.24, 2.45) is 11.7 Å². The Hall–Kier alpha value is -1.88. The molecule has 0 bridgehead atoms. The molecule has 0 atom stereocenters. The molecule has 2 amide bonds. The first-order chi connectivity index (χ1) is 8.43. The predicted molar refractivity (Wildman–Crippen MR) is 72.3 cm³/mol. The number of hydrogen-bond donors (Lipinski definition) is 3. The fraction of sp³-hybridized carbons (Fsp3) is 0.385. The highest BCUT2D eigenvalue weighted by Crippen LogP contribution is 2.20. The van der Waals surface area contributed by atoms with E-state index in [1.807, 2.05) is 26.8 Å². The SMILES string of the molecule is Cc1ccc(NC(=O)CN)cc1NC(=O)C(C)C. The van der Waals surface area contributed by atoms with Crippen molar-refractivity contribution in [3.05, 3.63) is 23.8 Å². The standard InChI is InChI=1S/C13H19N3O2/c1-8(2)13(18)16-11-6-10(5-4-9(11)3)15-12(17)7-14/h4-6,8H,7,14H2,1-3H3,(H,15,17)(H,16,18). The Labute approximate surface area is 107 Å². The minimum absolute atomic E-state index is 0.0552. The molecule has 0 aromatic heterocycles. The monoisotopic (exact) mass is 249 g/mol. The predicted octanol–water partition coefficient (Wildman–Crippen LogP) is 1.49. The van der Waals surface area contributed by atoms with Crippen LogP contribution in [0.5, 0.6) is 0 Å². The highest BCUT2D eigenvalue weighted by atomic mass is 16.2. The Morgan fingerprint density at radius 1 is 1.28 bits per heavy atom. The van der Waals surface area contributed by atoms with E-state index in [4.69, 9.17) is 5.73 Å². The number of carbonyl (C=O) groups is 2. The van der Waals surface area contributed by atoms with Crippen molar-refractivity contribution < 1.29 is 9.59 Å². The summed E-state index contributed by atoms with van der Waals surface area (Å²) in [6, 6.07) is 5.33. The second-order valence-electron chi connectivity index (χ2n) is 4.43. The summed E-state index contributed by atoms with van der Waals surface area (Å²) in [7, 11) is 0. The van der Waals surface area contributed by atoms with Gasteiger partial charge < -0.3 is 16.4 Å². The van der Waals surface area contributed by atoms with Crippen molar-refractivity contribution in [3.63, 3.8) is 0 Å². The molecular weight excluding hydrogens is 230 g/mol. The van der Waals surface area contributed by atoms with Crippen LogP contribution in [-0.2, 0) is 9.59 Å². The quantitative estimate of drug-likeness (QED) is 0.755. The van der Waals surface area contributed by atoms with E-state index < -0.39 is 0 Å². The zero-order chi connectivity index (χ0) is 13.7. The largest absolute Gasteiger partial charge is 0.326 e. The van der Waals surface area contributed by atoms with Crippen LogP contribution in [0.2, 0.25) is 0 Å². The lowest BCUT2D eigenvalue weighted by atomic mass is 10.1. The third kappa shape index (κ3) is 3.85. The summed E-state index contributed by atoms with van der Waals surface area (Å²) in [5.74, 6) is -0.410. The summed E-state index contributed by atoms with van der Waals surface area (Å²) in [6.45, 7) is 5.47. The Balaban J connectivity index is 2.87. The minimum Gasteiger partial charge on any atom is -0.326 e. The molecule has 0 radical (unpaired) electrons. The lowest BCUT2D eigenvalue weighted by Gasteiger charge is -2.12. The summed E-state index contributed by atoms with van der Waals surface area (Å²) in [5, 5.41) is 5.47. The van der Waals surface area contributed by atoms with Crippen LogP contribution in [0.3, 0.4) is 0 Å². The van der Waals surface area contributed by atoms with Crippen molar-refractivity contribution in [1.29, 1.82) is 0 Å². The maximum atomic E-state index is 11.6. The van der Waals surface area contributed by atoms with E-state index in [1.54, 1.807) is 12.1 Å². The molecule has 0 saturated heterocycles. The number of hydrogen-bond acceptors (Lipinski definition) is 3. The molecule has 0 saturated carbocycles. The van der Waals surface area contributed by atoms with Crippen molar-refractivity contribution in [1.82, 2.24) is 0 Å². The second-order valence-corrected chi connectivity index (χ2v) is 4.43. The molecule has 5 nitrogen and oxygen atoms in total. The van der Waals surface area contributed by atoms with E-state index in [0.717, 1.165) is 5.56 Å². The van der Waals surface area contributed by atoms with Gasteiger partial charge in [0, 0.05) is 17.3 Å². The Kier molecular flexibility index (Phi) is 4.85. The van der Waals surface area contributed by atoms with Gasteiger partial charge in [-0.2, -0.15) is 0 Å². The van der Waals surface area contributed by atoms with Crippen LogP contribution in [0.4, 0.5) is 11.4 Å². The molecule has 1 rings (SSSR count). The number of rotatable bonds is 4. The fourth-order valence-corrected chi connectivity index (χ4v) is 1.32. The summed E-state index contributed by atoms with van der Waals surface area (Å²) in [6.07, 6.45) is 0. The van der Waals surface area contributed by atoms with Crippen molar-refractivity contribution >= 4 is 23.2 Å². The highest BCUT2D eigenvalue weighted by Gasteiger charge is 2.09. The van der Waals surface area contributed by atoms with Gasteiger partial charge in [0.1, 0.15) is 0 Å². The molecule has 5 heteroatoms. The molecule has 18 heavy (non-hydrogen) atoms. The van der Waals surface area contributed by atoms with Gasteiger partial charge >= 0.3 is 0 Å². The van der Waals surface area contributed by atoms with Gasteiger partial charge in [-0.3, -0.25) is 9.59 Å². The van der Waals surface area contributed by atoms with E-state index in [2.05, 4.69) is 10.6 Å². The van der Waals surface area contributed by atoms with E-state index in [0.29, 0.717) is 11.4 Å². The molecule has 0 aliphatic heterocycles. The normalized spacial score (nSPS) is 10.3. The average molecular weight is 249 g/mol. The van der Waals surface area contributed by atoms with Gasteiger partial charge in [-0.25, -0.2) is 0 Å². The van der Waals surface area contributed by atoms with Crippen LogP contribution in [-0.4, -0.2) is 18.4 Å². The third-order valence-corrected chi connectivity index (χ3v) is 2.49. The van der Waals surface area contributed by atoms with Crippen LogP contribution in [0.1, 0.15) is 19.4 Å². The lowest BCUT2D eigenvalue weighted by Crippen LogP contribution is -2.22.